The molecule has 0 spiro atoms. The minimum absolute atomic E-state index is 0.318. The highest BCUT2D eigenvalue weighted by molar-refractivity contribution is 7.89. The lowest BCUT2D eigenvalue weighted by Gasteiger charge is -2.37. The van der Waals surface area contributed by atoms with Gasteiger partial charge in [-0.25, -0.2) is 8.42 Å². The highest BCUT2D eigenvalue weighted by Gasteiger charge is 2.29. The molecule has 1 atom stereocenters. The molecule has 1 saturated heterocycles. The van der Waals surface area contributed by atoms with E-state index in [-0.39, 0.29) is 0 Å². The monoisotopic (exact) mass is 316 g/mol. The largest absolute Gasteiger partial charge is 0.298 e. The van der Waals surface area contributed by atoms with Crippen LogP contribution >= 0.6 is 11.6 Å². The van der Waals surface area contributed by atoms with Crippen LogP contribution in [-0.2, 0) is 10.0 Å². The topological polar surface area (TPSA) is 40.6 Å². The molecule has 1 aromatic carbocycles. The third-order valence-corrected chi connectivity index (χ3v) is 6.10. The van der Waals surface area contributed by atoms with Gasteiger partial charge in [-0.3, -0.25) is 4.90 Å². The van der Waals surface area contributed by atoms with Crippen molar-refractivity contribution in [1.29, 1.82) is 0 Å². The number of benzene rings is 1. The summed E-state index contributed by atoms with van der Waals surface area (Å²) < 4.78 is 26.6. The van der Waals surface area contributed by atoms with Gasteiger partial charge >= 0.3 is 0 Å². The molecule has 0 unspecified atom stereocenters. The second-order valence-corrected chi connectivity index (χ2v) is 7.53. The number of nitrogens with zero attached hydrogens (tertiary/aromatic N) is 2. The standard InChI is InChI=1S/C14H21ClN2O2S/c1-3-12(2)16-8-10-17(11-9-16)20(18,19)14-6-4-13(15)5-7-14/h4-7,12H,3,8-11H2,1-2H3/t12-/m0/s1. The zero-order valence-electron chi connectivity index (χ0n) is 11.9. The molecule has 112 valence electrons. The molecule has 1 aliphatic rings. The van der Waals surface area contributed by atoms with E-state index in [1.807, 2.05) is 0 Å². The first-order chi connectivity index (χ1) is 9.45. The Balaban J connectivity index is 2.07. The first kappa shape index (κ1) is 15.8. The van der Waals surface area contributed by atoms with E-state index in [0.717, 1.165) is 19.5 Å². The zero-order chi connectivity index (χ0) is 14.8. The Hall–Kier alpha value is -0.620. The predicted octanol–water partition coefficient (Wildman–Crippen LogP) is 2.44. The average Bonchev–Trinajstić information content (AvgIpc) is 2.47. The maximum absolute atomic E-state index is 12.5. The SMILES string of the molecule is CC[C@H](C)N1CCN(S(=O)(=O)c2ccc(Cl)cc2)CC1. The van der Waals surface area contributed by atoms with E-state index in [2.05, 4.69) is 18.7 Å². The van der Waals surface area contributed by atoms with Gasteiger partial charge in [0.2, 0.25) is 10.0 Å². The van der Waals surface area contributed by atoms with Crippen molar-refractivity contribution in [3.8, 4) is 0 Å². The van der Waals surface area contributed by atoms with Gasteiger partial charge in [-0.15, -0.1) is 0 Å². The fourth-order valence-electron chi connectivity index (χ4n) is 2.40. The molecular formula is C14H21ClN2O2S. The van der Waals surface area contributed by atoms with Crippen molar-refractivity contribution in [3.05, 3.63) is 29.3 Å². The van der Waals surface area contributed by atoms with Crippen LogP contribution in [0.15, 0.2) is 29.2 Å². The van der Waals surface area contributed by atoms with Crippen molar-refractivity contribution in [2.45, 2.75) is 31.2 Å². The van der Waals surface area contributed by atoms with Crippen LogP contribution in [-0.4, -0.2) is 49.8 Å². The summed E-state index contributed by atoms with van der Waals surface area (Å²) in [6.07, 6.45) is 1.09. The summed E-state index contributed by atoms with van der Waals surface area (Å²) in [7, 11) is -3.39. The van der Waals surface area contributed by atoms with Crippen LogP contribution in [0.2, 0.25) is 5.02 Å². The molecule has 1 aliphatic heterocycles. The van der Waals surface area contributed by atoms with Crippen LogP contribution in [0.25, 0.3) is 0 Å². The van der Waals surface area contributed by atoms with E-state index in [4.69, 9.17) is 11.6 Å². The minimum Gasteiger partial charge on any atom is -0.298 e. The van der Waals surface area contributed by atoms with Crippen molar-refractivity contribution >= 4 is 21.6 Å². The first-order valence-corrected chi connectivity index (χ1v) is 8.76. The smallest absolute Gasteiger partial charge is 0.243 e. The molecule has 1 fully saturated rings. The van der Waals surface area contributed by atoms with E-state index in [1.54, 1.807) is 28.6 Å². The van der Waals surface area contributed by atoms with Crippen molar-refractivity contribution in [2.75, 3.05) is 26.2 Å². The van der Waals surface area contributed by atoms with Gasteiger partial charge in [-0.2, -0.15) is 4.31 Å². The Morgan fingerprint density at radius 3 is 2.20 bits per heavy atom. The predicted molar refractivity (Wildman–Crippen MR) is 81.5 cm³/mol. The molecule has 20 heavy (non-hydrogen) atoms. The Morgan fingerprint density at radius 2 is 1.70 bits per heavy atom. The van der Waals surface area contributed by atoms with Crippen LogP contribution in [0.4, 0.5) is 0 Å². The van der Waals surface area contributed by atoms with Crippen molar-refractivity contribution < 1.29 is 8.42 Å². The van der Waals surface area contributed by atoms with Gasteiger partial charge in [0.05, 0.1) is 4.90 Å². The number of rotatable bonds is 4. The number of piperazine rings is 1. The number of halogens is 1. The molecule has 1 heterocycles. The van der Waals surface area contributed by atoms with Crippen LogP contribution in [0, 0.1) is 0 Å². The molecule has 0 aliphatic carbocycles. The number of sulfonamides is 1. The van der Waals surface area contributed by atoms with E-state index in [1.165, 1.54) is 0 Å². The third-order valence-electron chi connectivity index (χ3n) is 3.94. The molecule has 0 aromatic heterocycles. The summed E-state index contributed by atoms with van der Waals surface area (Å²) in [5, 5.41) is 0.547. The van der Waals surface area contributed by atoms with Crippen LogP contribution in [0.1, 0.15) is 20.3 Å². The normalized spacial score (nSPS) is 19.9. The van der Waals surface area contributed by atoms with Crippen molar-refractivity contribution in [2.24, 2.45) is 0 Å². The maximum Gasteiger partial charge on any atom is 0.243 e. The lowest BCUT2D eigenvalue weighted by atomic mass is 10.2. The molecule has 2 rings (SSSR count). The van der Waals surface area contributed by atoms with Gasteiger partial charge in [0.25, 0.3) is 0 Å². The number of hydrogen-bond donors (Lipinski definition) is 0. The summed E-state index contributed by atoms with van der Waals surface area (Å²) in [5.41, 5.74) is 0. The molecule has 0 saturated carbocycles. The van der Waals surface area contributed by atoms with E-state index in [9.17, 15) is 8.42 Å². The molecule has 0 amide bonds. The van der Waals surface area contributed by atoms with Crippen molar-refractivity contribution in [3.63, 3.8) is 0 Å². The van der Waals surface area contributed by atoms with Gasteiger partial charge in [0.15, 0.2) is 0 Å². The quantitative estimate of drug-likeness (QED) is 0.856. The Labute approximate surface area is 126 Å². The van der Waals surface area contributed by atoms with E-state index < -0.39 is 10.0 Å². The van der Waals surface area contributed by atoms with Crippen LogP contribution in [0.3, 0.4) is 0 Å². The molecule has 4 nitrogen and oxygen atoms in total. The van der Waals surface area contributed by atoms with Gasteiger partial charge in [-0.05, 0) is 37.6 Å². The maximum atomic E-state index is 12.5. The van der Waals surface area contributed by atoms with Gasteiger partial charge < -0.3 is 0 Å². The Bertz CT molecular complexity index is 537. The average molecular weight is 317 g/mol. The zero-order valence-corrected chi connectivity index (χ0v) is 13.5. The Morgan fingerprint density at radius 1 is 1.15 bits per heavy atom. The summed E-state index contributed by atoms with van der Waals surface area (Å²) >= 11 is 5.80. The number of hydrogen-bond acceptors (Lipinski definition) is 3. The van der Waals surface area contributed by atoms with Gasteiger partial charge in [0, 0.05) is 37.2 Å². The molecule has 0 N–H and O–H groups in total. The van der Waals surface area contributed by atoms with E-state index in [0.29, 0.717) is 29.0 Å². The lowest BCUT2D eigenvalue weighted by Crippen LogP contribution is -2.51. The van der Waals surface area contributed by atoms with Gasteiger partial charge in [0.1, 0.15) is 0 Å². The molecule has 0 bridgehead atoms. The molecule has 1 aromatic rings. The molecule has 6 heteroatoms. The lowest BCUT2D eigenvalue weighted by molar-refractivity contribution is 0.142. The summed E-state index contributed by atoms with van der Waals surface area (Å²) in [5.74, 6) is 0. The minimum atomic E-state index is -3.39. The second-order valence-electron chi connectivity index (χ2n) is 5.15. The first-order valence-electron chi connectivity index (χ1n) is 6.95. The molecular weight excluding hydrogens is 296 g/mol. The molecule has 0 radical (unpaired) electrons. The fraction of sp³-hybridized carbons (Fsp3) is 0.571. The van der Waals surface area contributed by atoms with E-state index >= 15 is 0 Å². The highest BCUT2D eigenvalue weighted by Crippen LogP contribution is 2.20. The summed E-state index contributed by atoms with van der Waals surface area (Å²) in [6.45, 7) is 7.03. The third kappa shape index (κ3) is 3.34. The van der Waals surface area contributed by atoms with Gasteiger partial charge in [-0.1, -0.05) is 18.5 Å². The van der Waals surface area contributed by atoms with Crippen LogP contribution in [0.5, 0.6) is 0 Å². The Kier molecular flexibility index (Phi) is 5.07. The van der Waals surface area contributed by atoms with Crippen LogP contribution < -0.4 is 0 Å². The highest BCUT2D eigenvalue weighted by atomic mass is 35.5. The fourth-order valence-corrected chi connectivity index (χ4v) is 3.95. The second kappa shape index (κ2) is 6.43. The van der Waals surface area contributed by atoms with Crippen molar-refractivity contribution in [1.82, 2.24) is 9.21 Å². The summed E-state index contributed by atoms with van der Waals surface area (Å²) in [6, 6.07) is 6.88. The summed E-state index contributed by atoms with van der Waals surface area (Å²) in [4.78, 5) is 2.66.